The molecule has 0 nitrogen and oxygen atoms in total. The zero-order valence-electron chi connectivity index (χ0n) is 17.4. The number of allylic oxidation sites excluding steroid dienone is 4. The molecule has 0 heterocycles. The van der Waals surface area contributed by atoms with Crippen molar-refractivity contribution in [1.29, 1.82) is 0 Å². The van der Waals surface area contributed by atoms with Gasteiger partial charge in [-0.25, -0.2) is 0 Å². The third-order valence-corrected chi connectivity index (χ3v) is 9.97. The minimum Gasteiger partial charge on any atom is -0.0884 e. The third-order valence-electron chi connectivity index (χ3n) is 9.97. The number of hydrogen-bond donors (Lipinski definition) is 0. The van der Waals surface area contributed by atoms with E-state index in [2.05, 4.69) is 46.8 Å². The van der Waals surface area contributed by atoms with E-state index in [1.54, 1.807) is 11.1 Å². The van der Waals surface area contributed by atoms with E-state index in [-0.39, 0.29) is 0 Å². The first-order chi connectivity index (χ1) is 11.9. The van der Waals surface area contributed by atoms with Gasteiger partial charge in [0, 0.05) is 0 Å². The Hall–Kier alpha value is -0.520. The van der Waals surface area contributed by atoms with Crippen LogP contribution in [0.5, 0.6) is 0 Å². The highest BCUT2D eigenvalue weighted by Gasteiger charge is 2.59. The normalized spacial score (nSPS) is 51.8. The molecule has 4 saturated carbocycles. The molecule has 0 aromatic heterocycles. The van der Waals surface area contributed by atoms with Crippen molar-refractivity contribution in [2.45, 2.75) is 92.4 Å². The fourth-order valence-corrected chi connectivity index (χ4v) is 8.32. The van der Waals surface area contributed by atoms with Crippen LogP contribution in [0.25, 0.3) is 0 Å². The summed E-state index contributed by atoms with van der Waals surface area (Å²) in [5.41, 5.74) is 4.68. The second-order valence-electron chi connectivity index (χ2n) is 10.5. The Morgan fingerprint density at radius 3 is 2.40 bits per heavy atom. The van der Waals surface area contributed by atoms with Gasteiger partial charge in [0.1, 0.15) is 0 Å². The molecule has 0 spiro atoms. The van der Waals surface area contributed by atoms with Crippen LogP contribution in [0.1, 0.15) is 92.4 Å². The van der Waals surface area contributed by atoms with Gasteiger partial charge in [-0.05, 0) is 119 Å². The van der Waals surface area contributed by atoms with Crippen molar-refractivity contribution in [3.05, 3.63) is 23.3 Å². The van der Waals surface area contributed by atoms with E-state index in [1.165, 1.54) is 57.8 Å². The van der Waals surface area contributed by atoms with Gasteiger partial charge in [-0.15, -0.1) is 0 Å². The average Bonchev–Trinajstić information content (AvgIpc) is 2.97. The first-order valence-electron chi connectivity index (χ1n) is 11.2. The predicted octanol–water partition coefficient (Wildman–Crippen LogP) is 7.56. The summed E-state index contributed by atoms with van der Waals surface area (Å²) in [5.74, 6) is 4.91. The molecule has 0 radical (unpaired) electrons. The maximum absolute atomic E-state index is 2.70. The quantitative estimate of drug-likeness (QED) is 0.432. The van der Waals surface area contributed by atoms with Crippen molar-refractivity contribution in [2.24, 2.45) is 40.4 Å². The van der Waals surface area contributed by atoms with Gasteiger partial charge < -0.3 is 0 Å². The smallest absolute Gasteiger partial charge is 0.0149 e. The molecule has 0 saturated heterocycles. The molecular weight excluding hydrogens is 300 g/mol. The highest BCUT2D eigenvalue weighted by molar-refractivity contribution is 5.18. The highest BCUT2D eigenvalue weighted by Crippen LogP contribution is 2.68. The lowest BCUT2D eigenvalue weighted by Gasteiger charge is -2.61. The largest absolute Gasteiger partial charge is 0.0884 e. The summed E-state index contributed by atoms with van der Waals surface area (Å²) in [6, 6.07) is 0. The van der Waals surface area contributed by atoms with Crippen molar-refractivity contribution in [1.82, 2.24) is 0 Å². The molecule has 25 heavy (non-hydrogen) atoms. The third kappa shape index (κ3) is 2.53. The Morgan fingerprint density at radius 2 is 1.68 bits per heavy atom. The predicted molar refractivity (Wildman–Crippen MR) is 108 cm³/mol. The zero-order chi connectivity index (χ0) is 17.8. The van der Waals surface area contributed by atoms with Gasteiger partial charge in [0.15, 0.2) is 0 Å². The van der Waals surface area contributed by atoms with Crippen LogP contribution in [0.15, 0.2) is 23.3 Å². The van der Waals surface area contributed by atoms with E-state index >= 15 is 0 Å². The summed E-state index contributed by atoms with van der Waals surface area (Å²) < 4.78 is 0. The zero-order valence-corrected chi connectivity index (χ0v) is 17.4. The molecule has 0 aromatic rings. The van der Waals surface area contributed by atoms with Crippen LogP contribution in [-0.2, 0) is 0 Å². The Labute approximate surface area is 156 Å². The van der Waals surface area contributed by atoms with Crippen molar-refractivity contribution in [3.8, 4) is 0 Å². The van der Waals surface area contributed by atoms with Crippen LogP contribution in [0.2, 0.25) is 0 Å². The first-order valence-corrected chi connectivity index (χ1v) is 11.2. The molecule has 4 rings (SSSR count). The van der Waals surface area contributed by atoms with Crippen LogP contribution in [0, 0.1) is 40.4 Å². The Balaban J connectivity index is 1.60. The van der Waals surface area contributed by atoms with Crippen LogP contribution in [-0.4, -0.2) is 0 Å². The van der Waals surface area contributed by atoms with Crippen LogP contribution in [0.4, 0.5) is 0 Å². The molecule has 4 aliphatic rings. The van der Waals surface area contributed by atoms with Gasteiger partial charge in [-0.1, -0.05) is 37.1 Å². The maximum atomic E-state index is 2.70. The van der Waals surface area contributed by atoms with Crippen molar-refractivity contribution >= 4 is 0 Å². The second kappa shape index (κ2) is 6.28. The lowest BCUT2D eigenvalue weighted by molar-refractivity contribution is -0.102. The fraction of sp³-hybridized carbons (Fsp3) is 0.840. The van der Waals surface area contributed by atoms with E-state index in [4.69, 9.17) is 0 Å². The van der Waals surface area contributed by atoms with Crippen LogP contribution in [0.3, 0.4) is 0 Å². The number of hydrogen-bond acceptors (Lipinski definition) is 0. The van der Waals surface area contributed by atoms with E-state index in [0.29, 0.717) is 10.8 Å². The maximum Gasteiger partial charge on any atom is -0.0149 e. The van der Waals surface area contributed by atoms with E-state index in [9.17, 15) is 0 Å². The summed E-state index contributed by atoms with van der Waals surface area (Å²) >= 11 is 0. The summed E-state index contributed by atoms with van der Waals surface area (Å²) in [4.78, 5) is 0. The highest BCUT2D eigenvalue weighted by atomic mass is 14.6. The Kier molecular flexibility index (Phi) is 4.49. The lowest BCUT2D eigenvalue weighted by Crippen LogP contribution is -2.52. The van der Waals surface area contributed by atoms with E-state index in [1.807, 2.05) is 0 Å². The van der Waals surface area contributed by atoms with Gasteiger partial charge in [0.2, 0.25) is 0 Å². The van der Waals surface area contributed by atoms with Crippen LogP contribution < -0.4 is 0 Å². The monoisotopic (exact) mass is 340 g/mol. The number of rotatable bonds is 1. The molecule has 0 aromatic carbocycles. The van der Waals surface area contributed by atoms with Gasteiger partial charge in [0.25, 0.3) is 0 Å². The summed E-state index contributed by atoms with van der Waals surface area (Å²) in [7, 11) is 0. The average molecular weight is 341 g/mol. The molecule has 0 bridgehead atoms. The SMILES string of the molecule is C/C=C1\CCC2(C)[C@H](CCC3[C@@H]4CCC(/C(C)=C/C)C4(C)CC[C@@H]32)C1. The molecule has 0 amide bonds. The molecule has 7 atom stereocenters. The first kappa shape index (κ1) is 17.9. The molecule has 4 unspecified atom stereocenters. The van der Waals surface area contributed by atoms with Gasteiger partial charge in [-0.2, -0.15) is 0 Å². The van der Waals surface area contributed by atoms with E-state index < -0.39 is 0 Å². The Bertz CT molecular complexity index is 581. The minimum atomic E-state index is 0.601. The molecule has 4 aliphatic carbocycles. The topological polar surface area (TPSA) is 0 Å². The van der Waals surface area contributed by atoms with Crippen LogP contribution >= 0.6 is 0 Å². The van der Waals surface area contributed by atoms with Crippen molar-refractivity contribution in [3.63, 3.8) is 0 Å². The Morgan fingerprint density at radius 1 is 0.920 bits per heavy atom. The molecule has 140 valence electrons. The van der Waals surface area contributed by atoms with Gasteiger partial charge in [0.05, 0.1) is 0 Å². The van der Waals surface area contributed by atoms with Crippen molar-refractivity contribution < 1.29 is 0 Å². The molecule has 4 fully saturated rings. The van der Waals surface area contributed by atoms with Crippen molar-refractivity contribution in [2.75, 3.05) is 0 Å². The molecule has 0 heteroatoms. The lowest BCUT2D eigenvalue weighted by atomic mass is 9.44. The summed E-state index contributed by atoms with van der Waals surface area (Å²) in [5, 5.41) is 0. The number of fused-ring (bicyclic) bond motifs is 5. The summed E-state index contributed by atoms with van der Waals surface area (Å²) in [6.07, 6.45) is 18.1. The fourth-order valence-electron chi connectivity index (χ4n) is 8.32. The molecule has 0 N–H and O–H groups in total. The van der Waals surface area contributed by atoms with Gasteiger partial charge in [-0.3, -0.25) is 0 Å². The molecule has 0 aliphatic heterocycles. The van der Waals surface area contributed by atoms with E-state index in [0.717, 1.165) is 29.6 Å². The standard InChI is InChI=1S/C25H40/c1-6-17(3)21-10-11-22-20-9-8-19-16-18(7-2)12-14-24(19,4)23(20)13-15-25(21,22)5/h6-7,19-23H,8-16H2,1-5H3/b17-6+,18-7+/t19-,20?,21?,22+,23+,24?,25?/m1/s1. The van der Waals surface area contributed by atoms with Gasteiger partial charge >= 0.3 is 0 Å². The second-order valence-corrected chi connectivity index (χ2v) is 10.5. The summed E-state index contributed by atoms with van der Waals surface area (Å²) in [6.45, 7) is 12.3. The molecular formula is C25H40. The minimum absolute atomic E-state index is 0.601.